The molecule has 12 nitrogen and oxygen atoms in total. The van der Waals surface area contributed by atoms with Crippen LogP contribution in [-0.2, 0) is 20.0 Å². The molecular weight excluding hydrogens is 766 g/mol. The van der Waals surface area contributed by atoms with Gasteiger partial charge in [-0.15, -0.1) is 20.5 Å². The monoisotopic (exact) mass is 786 g/mol. The number of azo groups is 2. The lowest BCUT2D eigenvalue weighted by molar-refractivity contribution is 0.597. The van der Waals surface area contributed by atoms with Gasteiger partial charge in [-0.3, -0.25) is 0 Å². The largest absolute Gasteiger partial charge is 0.396 e. The highest BCUT2D eigenvalue weighted by molar-refractivity contribution is 7.89. The van der Waals surface area contributed by atoms with E-state index in [0.717, 1.165) is 0 Å². The summed E-state index contributed by atoms with van der Waals surface area (Å²) in [5.74, 6) is 0. The van der Waals surface area contributed by atoms with E-state index in [-0.39, 0.29) is 64.0 Å². The molecule has 0 spiro atoms. The molecule has 6 rings (SSSR count). The predicted octanol–water partition coefficient (Wildman–Crippen LogP) is 9.56. The van der Waals surface area contributed by atoms with Crippen LogP contribution in [0.2, 0.25) is 20.1 Å². The van der Waals surface area contributed by atoms with Crippen molar-refractivity contribution in [1.82, 2.24) is 0 Å². The van der Waals surface area contributed by atoms with Crippen molar-refractivity contribution in [3.63, 3.8) is 0 Å². The molecule has 8 N–H and O–H groups in total. The maximum Gasteiger partial charge on any atom is 0.238 e. The summed E-state index contributed by atoms with van der Waals surface area (Å²) in [6.45, 7) is 0. The van der Waals surface area contributed by atoms with Crippen LogP contribution in [0.5, 0.6) is 0 Å². The highest BCUT2D eigenvalue weighted by atomic mass is 35.5. The summed E-state index contributed by atoms with van der Waals surface area (Å²) in [5, 5.41) is 29.4. The summed E-state index contributed by atoms with van der Waals surface area (Å²) in [4.78, 5) is -0.343. The maximum absolute atomic E-state index is 12.3. The van der Waals surface area contributed by atoms with Crippen LogP contribution in [0.1, 0.15) is 0 Å². The first kappa shape index (κ1) is 35.4. The SMILES string of the molecule is Nc1c(N=Nc2c(Cl)cc(-c3cc(Cl)c(N=Nc4cc(S(N)(=O)=O)c5ccccc5c4N)c(Cl)c3)cc2Cl)cc(S(N)(=O)=O)c2ccccc12. The van der Waals surface area contributed by atoms with Crippen molar-refractivity contribution < 1.29 is 16.8 Å². The van der Waals surface area contributed by atoms with E-state index >= 15 is 0 Å². The molecule has 0 aliphatic rings. The van der Waals surface area contributed by atoms with Gasteiger partial charge in [-0.05, 0) is 47.5 Å². The third kappa shape index (κ3) is 6.84. The summed E-state index contributed by atoms with van der Waals surface area (Å²) in [6.07, 6.45) is 0. The van der Waals surface area contributed by atoms with E-state index in [1.807, 2.05) is 0 Å². The number of primary sulfonamides is 2. The van der Waals surface area contributed by atoms with Crippen LogP contribution < -0.4 is 21.7 Å². The first-order chi connectivity index (χ1) is 23.5. The quantitative estimate of drug-likeness (QED) is 0.0910. The summed E-state index contributed by atoms with van der Waals surface area (Å²) in [7, 11) is -8.25. The number of benzene rings is 6. The van der Waals surface area contributed by atoms with Crippen LogP contribution in [0, 0.1) is 0 Å². The second-order valence-corrected chi connectivity index (χ2v) is 15.5. The minimum atomic E-state index is -4.13. The summed E-state index contributed by atoms with van der Waals surface area (Å²) >= 11 is 26.3. The molecular formula is C32H22Cl4N8O4S2. The van der Waals surface area contributed by atoms with Crippen LogP contribution >= 0.6 is 46.4 Å². The number of sulfonamides is 2. The highest BCUT2D eigenvalue weighted by Gasteiger charge is 2.20. The molecule has 6 aromatic rings. The van der Waals surface area contributed by atoms with Gasteiger partial charge in [-0.1, -0.05) is 94.9 Å². The Morgan fingerprint density at radius 1 is 0.460 bits per heavy atom. The molecule has 50 heavy (non-hydrogen) atoms. The van der Waals surface area contributed by atoms with Gasteiger partial charge in [0.05, 0.1) is 41.3 Å². The van der Waals surface area contributed by atoms with Gasteiger partial charge < -0.3 is 11.5 Å². The molecule has 0 aromatic heterocycles. The van der Waals surface area contributed by atoms with Crippen LogP contribution in [0.25, 0.3) is 32.7 Å². The molecule has 6 aromatic carbocycles. The molecule has 0 saturated heterocycles. The van der Waals surface area contributed by atoms with Crippen molar-refractivity contribution >= 4 is 122 Å². The van der Waals surface area contributed by atoms with Crippen molar-refractivity contribution in [2.75, 3.05) is 11.5 Å². The molecule has 0 aliphatic carbocycles. The number of hydrogen-bond donors (Lipinski definition) is 4. The second-order valence-electron chi connectivity index (χ2n) is 10.8. The van der Waals surface area contributed by atoms with Gasteiger partial charge in [0.2, 0.25) is 20.0 Å². The molecule has 0 radical (unpaired) electrons. The molecule has 0 heterocycles. The normalized spacial score (nSPS) is 12.5. The molecule has 0 atom stereocenters. The van der Waals surface area contributed by atoms with Gasteiger partial charge >= 0.3 is 0 Å². The van der Waals surface area contributed by atoms with Crippen LogP contribution in [0.4, 0.5) is 34.1 Å². The van der Waals surface area contributed by atoms with Crippen molar-refractivity contribution in [2.24, 2.45) is 30.7 Å². The zero-order chi connectivity index (χ0) is 36.1. The lowest BCUT2D eigenvalue weighted by atomic mass is 10.0. The zero-order valence-electron chi connectivity index (χ0n) is 25.1. The smallest absolute Gasteiger partial charge is 0.238 e. The number of nitrogens with two attached hydrogens (primary N) is 4. The Hall–Kier alpha value is -4.38. The molecule has 0 bridgehead atoms. The summed E-state index contributed by atoms with van der Waals surface area (Å²) < 4.78 is 49.2. The van der Waals surface area contributed by atoms with E-state index in [2.05, 4.69) is 20.5 Å². The molecule has 0 aliphatic heterocycles. The van der Waals surface area contributed by atoms with E-state index in [0.29, 0.717) is 32.7 Å². The third-order valence-corrected chi connectivity index (χ3v) is 10.6. The summed E-state index contributed by atoms with van der Waals surface area (Å²) in [6, 6.07) is 21.8. The van der Waals surface area contributed by atoms with Crippen LogP contribution in [0.3, 0.4) is 0 Å². The van der Waals surface area contributed by atoms with Crippen LogP contribution in [0.15, 0.2) is 115 Å². The fourth-order valence-corrected chi connectivity index (χ4v) is 7.85. The lowest BCUT2D eigenvalue weighted by Crippen LogP contribution is -2.13. The topological polar surface area (TPSA) is 222 Å². The molecule has 0 saturated carbocycles. The second kappa shape index (κ2) is 13.4. The minimum absolute atomic E-state index is 0.0403. The molecule has 254 valence electrons. The third-order valence-electron chi connectivity index (χ3n) is 7.55. The van der Waals surface area contributed by atoms with Gasteiger partial charge in [0.1, 0.15) is 22.7 Å². The summed E-state index contributed by atoms with van der Waals surface area (Å²) in [5.41, 5.74) is 14.2. The van der Waals surface area contributed by atoms with Gasteiger partial charge in [-0.25, -0.2) is 27.1 Å². The van der Waals surface area contributed by atoms with Gasteiger partial charge in [0.25, 0.3) is 0 Å². The van der Waals surface area contributed by atoms with Crippen LogP contribution in [-0.4, -0.2) is 16.8 Å². The number of fused-ring (bicyclic) bond motifs is 2. The first-order valence-corrected chi connectivity index (χ1v) is 18.6. The number of rotatable bonds is 7. The lowest BCUT2D eigenvalue weighted by Gasteiger charge is -2.11. The first-order valence-electron chi connectivity index (χ1n) is 14.0. The number of nitrogens with zero attached hydrogens (tertiary/aromatic N) is 4. The van der Waals surface area contributed by atoms with E-state index in [4.69, 9.17) is 68.1 Å². The fourth-order valence-electron chi connectivity index (χ4n) is 5.20. The van der Waals surface area contributed by atoms with E-state index < -0.39 is 20.0 Å². The Morgan fingerprint density at radius 2 is 0.760 bits per heavy atom. The van der Waals surface area contributed by atoms with Crippen molar-refractivity contribution in [3.05, 3.63) is 105 Å². The number of nitrogen functional groups attached to an aromatic ring is 2. The Morgan fingerprint density at radius 3 is 1.06 bits per heavy atom. The Balaban J connectivity index is 1.34. The van der Waals surface area contributed by atoms with Crippen molar-refractivity contribution in [3.8, 4) is 11.1 Å². The fraction of sp³-hybridized carbons (Fsp3) is 0. The standard InChI is InChI=1S/C32H22Cl4N8O4S2/c33-21-9-15(10-22(34)31(21)43-41-25-13-27(49(39,45)46)17-5-1-3-7-19(17)29(25)37)16-11-23(35)32(24(36)12-16)44-42-26-14-28(50(40,47)48)18-6-2-4-8-20(18)30(26)38/h1-14H,37-38H2,(H2,39,45,46)(H2,40,47,48). The molecule has 18 heteroatoms. The Kier molecular flexibility index (Phi) is 9.49. The highest BCUT2D eigenvalue weighted by Crippen LogP contribution is 2.44. The Labute approximate surface area is 305 Å². The van der Waals surface area contributed by atoms with Gasteiger partial charge in [-0.2, -0.15) is 0 Å². The average Bonchev–Trinajstić information content (AvgIpc) is 3.04. The van der Waals surface area contributed by atoms with E-state index in [1.165, 1.54) is 12.1 Å². The van der Waals surface area contributed by atoms with Crippen molar-refractivity contribution in [1.29, 1.82) is 0 Å². The van der Waals surface area contributed by atoms with E-state index in [1.54, 1.807) is 72.8 Å². The average molecular weight is 789 g/mol. The Bertz CT molecular complexity index is 2460. The van der Waals surface area contributed by atoms with Crippen molar-refractivity contribution in [2.45, 2.75) is 9.79 Å². The maximum atomic E-state index is 12.3. The molecule has 0 unspecified atom stereocenters. The molecule has 0 amide bonds. The predicted molar refractivity (Wildman–Crippen MR) is 200 cm³/mol. The van der Waals surface area contributed by atoms with Gasteiger partial charge in [0.15, 0.2) is 0 Å². The number of hydrogen-bond acceptors (Lipinski definition) is 10. The number of halogens is 4. The van der Waals surface area contributed by atoms with Gasteiger partial charge in [0, 0.05) is 21.5 Å². The van der Waals surface area contributed by atoms with E-state index in [9.17, 15) is 16.8 Å². The number of anilines is 2. The zero-order valence-corrected chi connectivity index (χ0v) is 29.8. The minimum Gasteiger partial charge on any atom is -0.396 e. The molecule has 0 fully saturated rings.